The molecule has 1 aromatic carbocycles. The second-order valence-electron chi connectivity index (χ2n) is 9.11. The van der Waals surface area contributed by atoms with Crippen molar-refractivity contribution in [3.63, 3.8) is 0 Å². The second-order valence-corrected chi connectivity index (χ2v) is 9.11. The number of aryl methyl sites for hydroxylation is 3. The quantitative estimate of drug-likeness (QED) is 0.675. The molecule has 2 aliphatic rings. The van der Waals surface area contributed by atoms with Gasteiger partial charge in [0, 0.05) is 31.6 Å². The number of benzene rings is 1. The molecule has 5 rings (SSSR count). The van der Waals surface area contributed by atoms with E-state index in [2.05, 4.69) is 76.4 Å². The monoisotopic (exact) mass is 432 g/mol. The molecule has 2 atom stereocenters. The van der Waals surface area contributed by atoms with Gasteiger partial charge in [0.2, 0.25) is 0 Å². The Morgan fingerprint density at radius 2 is 1.94 bits per heavy atom. The Balaban J connectivity index is 1.49. The van der Waals surface area contributed by atoms with E-state index in [1.165, 1.54) is 16.8 Å². The van der Waals surface area contributed by atoms with Gasteiger partial charge in [-0.05, 0) is 39.3 Å². The first-order chi connectivity index (χ1) is 15.5. The number of ether oxygens (including phenoxy) is 1. The molecule has 0 bridgehead atoms. The van der Waals surface area contributed by atoms with Gasteiger partial charge in [-0.15, -0.1) is 5.10 Å². The van der Waals surface area contributed by atoms with Crippen molar-refractivity contribution in [1.82, 2.24) is 20.1 Å². The zero-order chi connectivity index (χ0) is 22.2. The highest BCUT2D eigenvalue weighted by Crippen LogP contribution is 2.32. The van der Waals surface area contributed by atoms with Crippen molar-refractivity contribution in [3.05, 3.63) is 52.8 Å². The Kier molecular flexibility index (Phi) is 5.69. The normalized spacial score (nSPS) is 20.2. The van der Waals surface area contributed by atoms with Crippen LogP contribution in [0.5, 0.6) is 0 Å². The Morgan fingerprint density at radius 1 is 1.06 bits per heavy atom. The molecule has 7 heteroatoms. The van der Waals surface area contributed by atoms with E-state index < -0.39 is 0 Å². The molecule has 32 heavy (non-hydrogen) atoms. The van der Waals surface area contributed by atoms with E-state index in [0.29, 0.717) is 6.04 Å². The smallest absolute Gasteiger partial charge is 0.158 e. The third-order valence-electron chi connectivity index (χ3n) is 6.76. The molecular weight excluding hydrogens is 400 g/mol. The molecule has 0 radical (unpaired) electrons. The molecule has 4 heterocycles. The minimum absolute atomic E-state index is 0.114. The standard InChI is InChI=1S/C25H32N6O/c1-16-6-5-7-20(12-16)17(2)27-25-22-13-23(18(3)26-24(22)19(4)28-29-25)31-9-8-30-10-11-32-15-21(30)14-31/h5-7,12-13,17,21H,8-11,14-15H2,1-4H3,(H,27,29)/t17-,21+/m1/s1. The number of morpholine rings is 1. The lowest BCUT2D eigenvalue weighted by atomic mass is 10.1. The fraction of sp³-hybridized carbons (Fsp3) is 0.480. The van der Waals surface area contributed by atoms with Gasteiger partial charge in [0.25, 0.3) is 0 Å². The average molecular weight is 433 g/mol. The summed E-state index contributed by atoms with van der Waals surface area (Å²) in [5.41, 5.74) is 6.47. The van der Waals surface area contributed by atoms with Crippen molar-refractivity contribution >= 4 is 22.4 Å². The van der Waals surface area contributed by atoms with Crippen LogP contribution in [-0.4, -0.2) is 65.5 Å². The van der Waals surface area contributed by atoms with Gasteiger partial charge in [0.05, 0.1) is 47.9 Å². The van der Waals surface area contributed by atoms with Gasteiger partial charge in [0.15, 0.2) is 5.82 Å². The zero-order valence-electron chi connectivity index (χ0n) is 19.4. The number of pyridine rings is 1. The maximum Gasteiger partial charge on any atom is 0.158 e. The Bertz CT molecular complexity index is 1130. The number of nitrogens with zero attached hydrogens (tertiary/aromatic N) is 5. The Labute approximate surface area is 189 Å². The summed E-state index contributed by atoms with van der Waals surface area (Å²) in [5, 5.41) is 13.5. The average Bonchev–Trinajstić information content (AvgIpc) is 2.80. The molecule has 0 aliphatic carbocycles. The number of nitrogens with one attached hydrogen (secondary N) is 1. The van der Waals surface area contributed by atoms with Crippen LogP contribution in [-0.2, 0) is 4.74 Å². The number of hydrogen-bond acceptors (Lipinski definition) is 7. The molecule has 2 fully saturated rings. The predicted octanol–water partition coefficient (Wildman–Crippen LogP) is 3.64. The third-order valence-corrected chi connectivity index (χ3v) is 6.76. The second kappa shape index (κ2) is 8.64. The number of rotatable bonds is 4. The Morgan fingerprint density at radius 3 is 2.78 bits per heavy atom. The number of fused-ring (bicyclic) bond motifs is 2. The van der Waals surface area contributed by atoms with Gasteiger partial charge in [-0.1, -0.05) is 29.8 Å². The maximum atomic E-state index is 5.74. The van der Waals surface area contributed by atoms with Crippen LogP contribution in [0.3, 0.4) is 0 Å². The van der Waals surface area contributed by atoms with Gasteiger partial charge in [0.1, 0.15) is 0 Å². The molecule has 168 valence electrons. The summed E-state index contributed by atoms with van der Waals surface area (Å²) in [4.78, 5) is 9.99. The first-order valence-electron chi connectivity index (χ1n) is 11.5. The number of hydrogen-bond donors (Lipinski definition) is 1. The summed E-state index contributed by atoms with van der Waals surface area (Å²) in [6.07, 6.45) is 0. The molecule has 2 aliphatic heterocycles. The molecule has 2 saturated heterocycles. The van der Waals surface area contributed by atoms with E-state index in [0.717, 1.165) is 67.5 Å². The van der Waals surface area contributed by atoms with Crippen LogP contribution < -0.4 is 10.2 Å². The van der Waals surface area contributed by atoms with Gasteiger partial charge in [-0.3, -0.25) is 4.90 Å². The summed E-state index contributed by atoms with van der Waals surface area (Å²) in [6, 6.07) is 11.4. The van der Waals surface area contributed by atoms with Crippen LogP contribution in [0.2, 0.25) is 0 Å². The van der Waals surface area contributed by atoms with Crippen molar-refractivity contribution in [2.24, 2.45) is 0 Å². The van der Waals surface area contributed by atoms with Crippen LogP contribution in [0, 0.1) is 20.8 Å². The van der Waals surface area contributed by atoms with Gasteiger partial charge < -0.3 is 15.0 Å². The first-order valence-corrected chi connectivity index (χ1v) is 11.5. The van der Waals surface area contributed by atoms with Crippen molar-refractivity contribution in [2.75, 3.05) is 49.6 Å². The van der Waals surface area contributed by atoms with Crippen LogP contribution in [0.15, 0.2) is 30.3 Å². The highest BCUT2D eigenvalue weighted by Gasteiger charge is 2.30. The minimum Gasteiger partial charge on any atom is -0.378 e. The van der Waals surface area contributed by atoms with E-state index in [9.17, 15) is 0 Å². The lowest BCUT2D eigenvalue weighted by molar-refractivity contribution is -0.0117. The summed E-state index contributed by atoms with van der Waals surface area (Å²) in [6.45, 7) is 14.1. The van der Waals surface area contributed by atoms with E-state index in [1.54, 1.807) is 0 Å². The number of aromatic nitrogens is 3. The third kappa shape index (κ3) is 4.02. The topological polar surface area (TPSA) is 66.4 Å². The number of anilines is 2. The maximum absolute atomic E-state index is 5.74. The molecule has 7 nitrogen and oxygen atoms in total. The van der Waals surface area contributed by atoms with Crippen LogP contribution in [0.25, 0.3) is 10.9 Å². The summed E-state index contributed by atoms with van der Waals surface area (Å²) >= 11 is 0. The van der Waals surface area contributed by atoms with E-state index in [4.69, 9.17) is 9.72 Å². The van der Waals surface area contributed by atoms with Crippen LogP contribution in [0.4, 0.5) is 11.5 Å². The molecule has 1 N–H and O–H groups in total. The van der Waals surface area contributed by atoms with E-state index >= 15 is 0 Å². The largest absolute Gasteiger partial charge is 0.378 e. The van der Waals surface area contributed by atoms with Gasteiger partial charge in [-0.25, -0.2) is 4.98 Å². The predicted molar refractivity (Wildman–Crippen MR) is 128 cm³/mol. The molecule has 0 unspecified atom stereocenters. The first kappa shape index (κ1) is 21.1. The fourth-order valence-electron chi connectivity index (χ4n) is 4.90. The van der Waals surface area contributed by atoms with Gasteiger partial charge in [-0.2, -0.15) is 5.10 Å². The van der Waals surface area contributed by atoms with Crippen molar-refractivity contribution in [3.8, 4) is 0 Å². The van der Waals surface area contributed by atoms with Crippen LogP contribution in [0.1, 0.15) is 35.5 Å². The molecule has 3 aromatic rings. The summed E-state index contributed by atoms with van der Waals surface area (Å²) in [7, 11) is 0. The molecule has 0 saturated carbocycles. The zero-order valence-corrected chi connectivity index (χ0v) is 19.4. The summed E-state index contributed by atoms with van der Waals surface area (Å²) in [5.74, 6) is 0.785. The minimum atomic E-state index is 0.114. The van der Waals surface area contributed by atoms with E-state index in [1.807, 2.05) is 6.92 Å². The van der Waals surface area contributed by atoms with E-state index in [-0.39, 0.29) is 6.04 Å². The molecule has 0 amide bonds. The van der Waals surface area contributed by atoms with Crippen LogP contribution >= 0.6 is 0 Å². The Hall–Kier alpha value is -2.77. The van der Waals surface area contributed by atoms with Crippen molar-refractivity contribution < 1.29 is 4.74 Å². The number of piperazine rings is 1. The van der Waals surface area contributed by atoms with Crippen molar-refractivity contribution in [2.45, 2.75) is 39.8 Å². The highest BCUT2D eigenvalue weighted by molar-refractivity contribution is 5.93. The van der Waals surface area contributed by atoms with Gasteiger partial charge >= 0.3 is 0 Å². The molecule has 0 spiro atoms. The molecule has 2 aromatic heterocycles. The lowest BCUT2D eigenvalue weighted by Gasteiger charge is -2.44. The van der Waals surface area contributed by atoms with Crippen molar-refractivity contribution in [1.29, 1.82) is 0 Å². The SMILES string of the molecule is Cc1cccc([C@@H](C)Nc2nnc(C)c3nc(C)c(N4CCN5CCOC[C@@H]5C4)cc23)c1. The lowest BCUT2D eigenvalue weighted by Crippen LogP contribution is -2.58. The molecular formula is C25H32N6O. The highest BCUT2D eigenvalue weighted by atomic mass is 16.5. The fourth-order valence-corrected chi connectivity index (χ4v) is 4.90. The summed E-state index contributed by atoms with van der Waals surface area (Å²) < 4.78 is 5.74.